The number of carbonyl (C=O) groups is 1. The maximum Gasteiger partial charge on any atom is 0.270 e. The quantitative estimate of drug-likeness (QED) is 0.796. The molecule has 16 heavy (non-hydrogen) atoms. The van der Waals surface area contributed by atoms with Crippen LogP contribution < -0.4 is 11.1 Å². The molecular weight excluding hydrogens is 202 g/mol. The fraction of sp³-hybridized carbons (Fsp3) is 0.500. The van der Waals surface area contributed by atoms with E-state index in [1.54, 1.807) is 18.2 Å². The minimum absolute atomic E-state index is 0.112. The lowest BCUT2D eigenvalue weighted by Gasteiger charge is -2.22. The molecule has 0 atom stereocenters. The molecule has 1 aromatic heterocycles. The molecule has 0 unspecified atom stereocenters. The Hall–Kier alpha value is -1.58. The van der Waals surface area contributed by atoms with Gasteiger partial charge in [-0.05, 0) is 25.0 Å². The SMILES string of the molecule is Nc1cccc(C(=O)NC2CCCCC2)n1. The zero-order valence-electron chi connectivity index (χ0n) is 9.28. The van der Waals surface area contributed by atoms with Crippen LogP contribution >= 0.6 is 0 Å². The first-order valence-corrected chi connectivity index (χ1v) is 5.79. The monoisotopic (exact) mass is 219 g/mol. The number of nitrogens with zero attached hydrogens (tertiary/aromatic N) is 1. The highest BCUT2D eigenvalue weighted by Gasteiger charge is 2.17. The van der Waals surface area contributed by atoms with Gasteiger partial charge in [-0.2, -0.15) is 0 Å². The average Bonchev–Trinajstić information content (AvgIpc) is 2.30. The summed E-state index contributed by atoms with van der Waals surface area (Å²) in [6.07, 6.45) is 5.84. The second-order valence-corrected chi connectivity index (χ2v) is 4.26. The van der Waals surface area contributed by atoms with Crippen LogP contribution in [0.4, 0.5) is 5.82 Å². The molecule has 1 amide bonds. The number of hydrogen-bond acceptors (Lipinski definition) is 3. The van der Waals surface area contributed by atoms with Crippen LogP contribution in [0.5, 0.6) is 0 Å². The molecule has 1 aliphatic carbocycles. The first-order chi connectivity index (χ1) is 7.75. The number of hydrogen-bond donors (Lipinski definition) is 2. The molecule has 3 N–H and O–H groups in total. The molecule has 1 heterocycles. The van der Waals surface area contributed by atoms with E-state index in [9.17, 15) is 4.79 Å². The van der Waals surface area contributed by atoms with Gasteiger partial charge in [0, 0.05) is 6.04 Å². The summed E-state index contributed by atoms with van der Waals surface area (Å²) in [5.41, 5.74) is 5.95. The summed E-state index contributed by atoms with van der Waals surface area (Å²) in [5.74, 6) is 0.274. The molecule has 0 spiro atoms. The third-order valence-electron chi connectivity index (χ3n) is 2.94. The van der Waals surface area contributed by atoms with E-state index in [-0.39, 0.29) is 5.91 Å². The summed E-state index contributed by atoms with van der Waals surface area (Å²) in [4.78, 5) is 15.8. The van der Waals surface area contributed by atoms with Gasteiger partial charge in [0.25, 0.3) is 5.91 Å². The van der Waals surface area contributed by atoms with Crippen molar-refractivity contribution in [2.24, 2.45) is 0 Å². The number of pyridine rings is 1. The Kier molecular flexibility index (Phi) is 3.39. The van der Waals surface area contributed by atoms with Gasteiger partial charge < -0.3 is 11.1 Å². The molecule has 1 aromatic rings. The number of nitrogens with one attached hydrogen (secondary N) is 1. The summed E-state index contributed by atoms with van der Waals surface area (Å²) in [7, 11) is 0. The van der Waals surface area contributed by atoms with E-state index < -0.39 is 0 Å². The molecule has 2 rings (SSSR count). The molecule has 0 aliphatic heterocycles. The van der Waals surface area contributed by atoms with E-state index in [1.807, 2.05) is 0 Å². The molecule has 86 valence electrons. The Morgan fingerprint density at radius 1 is 1.31 bits per heavy atom. The number of aromatic nitrogens is 1. The molecule has 4 nitrogen and oxygen atoms in total. The Labute approximate surface area is 95.3 Å². The summed E-state index contributed by atoms with van der Waals surface area (Å²) in [5, 5.41) is 3.01. The second-order valence-electron chi connectivity index (χ2n) is 4.26. The maximum absolute atomic E-state index is 11.8. The van der Waals surface area contributed by atoms with Gasteiger partial charge in [0.1, 0.15) is 11.5 Å². The number of rotatable bonds is 2. The number of amides is 1. The highest BCUT2D eigenvalue weighted by molar-refractivity contribution is 5.92. The van der Waals surface area contributed by atoms with Crippen molar-refractivity contribution in [1.82, 2.24) is 10.3 Å². The van der Waals surface area contributed by atoms with Crippen LogP contribution in [0.25, 0.3) is 0 Å². The van der Waals surface area contributed by atoms with E-state index in [1.165, 1.54) is 19.3 Å². The first kappa shape index (κ1) is 10.9. The van der Waals surface area contributed by atoms with Gasteiger partial charge in [-0.1, -0.05) is 25.3 Å². The van der Waals surface area contributed by atoms with Gasteiger partial charge in [0.15, 0.2) is 0 Å². The van der Waals surface area contributed by atoms with Crippen LogP contribution in [0.1, 0.15) is 42.6 Å². The topological polar surface area (TPSA) is 68.0 Å². The fourth-order valence-corrected chi connectivity index (χ4v) is 2.08. The molecule has 1 saturated carbocycles. The third kappa shape index (κ3) is 2.72. The highest BCUT2D eigenvalue weighted by atomic mass is 16.1. The van der Waals surface area contributed by atoms with E-state index in [0.717, 1.165) is 12.8 Å². The van der Waals surface area contributed by atoms with Crippen LogP contribution in [-0.2, 0) is 0 Å². The zero-order valence-corrected chi connectivity index (χ0v) is 9.28. The second kappa shape index (κ2) is 4.96. The summed E-state index contributed by atoms with van der Waals surface area (Å²) < 4.78 is 0. The van der Waals surface area contributed by atoms with Crippen molar-refractivity contribution in [3.63, 3.8) is 0 Å². The minimum Gasteiger partial charge on any atom is -0.384 e. The van der Waals surface area contributed by atoms with Crippen LogP contribution in [0.3, 0.4) is 0 Å². The molecular formula is C12H17N3O. The molecule has 1 fully saturated rings. The number of carbonyl (C=O) groups excluding carboxylic acids is 1. The van der Waals surface area contributed by atoms with E-state index >= 15 is 0 Å². The van der Waals surface area contributed by atoms with Crippen molar-refractivity contribution in [2.75, 3.05) is 5.73 Å². The Bertz CT molecular complexity index is 372. The molecule has 0 radical (unpaired) electrons. The lowest BCUT2D eigenvalue weighted by atomic mass is 9.95. The van der Waals surface area contributed by atoms with E-state index in [4.69, 9.17) is 5.73 Å². The number of nitrogen functional groups attached to an aromatic ring is 1. The van der Waals surface area contributed by atoms with Gasteiger partial charge in [0.2, 0.25) is 0 Å². The van der Waals surface area contributed by atoms with Crippen molar-refractivity contribution < 1.29 is 4.79 Å². The summed E-state index contributed by atoms with van der Waals surface area (Å²) in [6, 6.07) is 5.42. The van der Waals surface area contributed by atoms with Crippen molar-refractivity contribution in [1.29, 1.82) is 0 Å². The van der Waals surface area contributed by atoms with Crippen molar-refractivity contribution in [2.45, 2.75) is 38.1 Å². The van der Waals surface area contributed by atoms with Crippen LogP contribution in [0.15, 0.2) is 18.2 Å². The Morgan fingerprint density at radius 2 is 2.06 bits per heavy atom. The van der Waals surface area contributed by atoms with Crippen LogP contribution in [0, 0.1) is 0 Å². The predicted molar refractivity (Wildman–Crippen MR) is 63.0 cm³/mol. The van der Waals surface area contributed by atoms with Crippen LogP contribution in [0.2, 0.25) is 0 Å². The summed E-state index contributed by atoms with van der Waals surface area (Å²) >= 11 is 0. The first-order valence-electron chi connectivity index (χ1n) is 5.79. The van der Waals surface area contributed by atoms with Gasteiger partial charge in [0.05, 0.1) is 0 Å². The van der Waals surface area contributed by atoms with Crippen molar-refractivity contribution in [3.05, 3.63) is 23.9 Å². The molecule has 4 heteroatoms. The van der Waals surface area contributed by atoms with Crippen molar-refractivity contribution in [3.8, 4) is 0 Å². The lowest BCUT2D eigenvalue weighted by Crippen LogP contribution is -2.36. The van der Waals surface area contributed by atoms with E-state index in [0.29, 0.717) is 17.6 Å². The van der Waals surface area contributed by atoms with Crippen molar-refractivity contribution >= 4 is 11.7 Å². The number of anilines is 1. The van der Waals surface area contributed by atoms with Crippen LogP contribution in [-0.4, -0.2) is 16.9 Å². The zero-order chi connectivity index (χ0) is 11.4. The lowest BCUT2D eigenvalue weighted by molar-refractivity contribution is 0.0923. The fourth-order valence-electron chi connectivity index (χ4n) is 2.08. The van der Waals surface area contributed by atoms with E-state index in [2.05, 4.69) is 10.3 Å². The largest absolute Gasteiger partial charge is 0.384 e. The highest BCUT2D eigenvalue weighted by Crippen LogP contribution is 2.17. The minimum atomic E-state index is -0.112. The van der Waals surface area contributed by atoms with Gasteiger partial charge >= 0.3 is 0 Å². The third-order valence-corrected chi connectivity index (χ3v) is 2.94. The Morgan fingerprint density at radius 3 is 2.75 bits per heavy atom. The Balaban J connectivity index is 1.97. The maximum atomic E-state index is 11.8. The molecule has 0 bridgehead atoms. The smallest absolute Gasteiger partial charge is 0.270 e. The van der Waals surface area contributed by atoms with Gasteiger partial charge in [-0.25, -0.2) is 4.98 Å². The normalized spacial score (nSPS) is 17.0. The predicted octanol–water partition coefficient (Wildman–Crippen LogP) is 1.73. The van der Waals surface area contributed by atoms with Gasteiger partial charge in [-0.3, -0.25) is 4.79 Å². The average molecular weight is 219 g/mol. The van der Waals surface area contributed by atoms with Gasteiger partial charge in [-0.15, -0.1) is 0 Å². The molecule has 0 saturated heterocycles. The molecule has 1 aliphatic rings. The number of nitrogens with two attached hydrogens (primary N) is 1. The molecule has 0 aromatic carbocycles. The standard InChI is InChI=1S/C12H17N3O/c13-11-8-4-7-10(15-11)12(16)14-9-5-2-1-3-6-9/h4,7-9H,1-3,5-6H2,(H2,13,15)(H,14,16). The summed E-state index contributed by atoms with van der Waals surface area (Å²) in [6.45, 7) is 0.